The first-order valence-electron chi connectivity index (χ1n) is 15.6. The van der Waals surface area contributed by atoms with E-state index in [2.05, 4.69) is 24.4 Å². The molecule has 0 bridgehead atoms. The maximum absolute atomic E-state index is 13.4. The first-order chi connectivity index (χ1) is 21.3. The standard InChI is InChI=1S/C36H42ClNO6/c1-24(22-42-23-25-7-9-30(40-2)10-8-25)17-27-18-26-19-32-33(44-16-15-43-32)21-31(26)35(27)11-13-36(14-12-35,34(39)41-3)38-29-6-4-5-28(37)20-29/h4-10,19-21,24,27,38H,11-18,22-23H2,1-3H3/t24-,27?,35?,36?/m1/s1. The van der Waals surface area contributed by atoms with Crippen molar-refractivity contribution < 1.29 is 28.5 Å². The van der Waals surface area contributed by atoms with Gasteiger partial charge in [0.15, 0.2) is 11.5 Å². The molecule has 7 nitrogen and oxygen atoms in total. The molecule has 2 atom stereocenters. The summed E-state index contributed by atoms with van der Waals surface area (Å²) >= 11 is 6.29. The van der Waals surface area contributed by atoms with Gasteiger partial charge in [0.2, 0.25) is 0 Å². The van der Waals surface area contributed by atoms with Gasteiger partial charge < -0.3 is 29.0 Å². The molecular formula is C36H42ClNO6. The van der Waals surface area contributed by atoms with Gasteiger partial charge in [-0.1, -0.05) is 36.7 Å². The van der Waals surface area contributed by atoms with Gasteiger partial charge in [-0.3, -0.25) is 0 Å². The van der Waals surface area contributed by atoms with E-state index in [4.69, 9.17) is 35.3 Å². The van der Waals surface area contributed by atoms with E-state index < -0.39 is 5.54 Å². The number of rotatable bonds is 10. The Morgan fingerprint density at radius 1 is 1.00 bits per heavy atom. The number of methoxy groups -OCH3 is 2. The Morgan fingerprint density at radius 2 is 1.73 bits per heavy atom. The lowest BCUT2D eigenvalue weighted by Gasteiger charge is -2.48. The lowest BCUT2D eigenvalue weighted by Crippen LogP contribution is -2.53. The van der Waals surface area contributed by atoms with Gasteiger partial charge >= 0.3 is 5.97 Å². The molecule has 0 aromatic heterocycles. The summed E-state index contributed by atoms with van der Waals surface area (Å²) in [6.07, 6.45) is 5.01. The second kappa shape index (κ2) is 12.9. The molecule has 3 aromatic rings. The first kappa shape index (κ1) is 30.6. The number of ether oxygens (including phenoxy) is 5. The molecular weight excluding hydrogens is 578 g/mol. The highest BCUT2D eigenvalue weighted by Crippen LogP contribution is 2.58. The van der Waals surface area contributed by atoms with Crippen molar-refractivity contribution in [2.24, 2.45) is 11.8 Å². The van der Waals surface area contributed by atoms with E-state index in [-0.39, 0.29) is 11.4 Å². The topological polar surface area (TPSA) is 75.3 Å². The van der Waals surface area contributed by atoms with Crippen molar-refractivity contribution in [3.63, 3.8) is 0 Å². The van der Waals surface area contributed by atoms with Gasteiger partial charge in [0.25, 0.3) is 0 Å². The summed E-state index contributed by atoms with van der Waals surface area (Å²) in [5.74, 6) is 3.05. The van der Waals surface area contributed by atoms with Crippen molar-refractivity contribution in [2.75, 3.05) is 39.4 Å². The molecule has 3 aliphatic rings. The van der Waals surface area contributed by atoms with Gasteiger partial charge in [-0.15, -0.1) is 0 Å². The molecule has 6 rings (SSSR count). The lowest BCUT2D eigenvalue weighted by molar-refractivity contribution is -0.148. The third-order valence-corrected chi connectivity index (χ3v) is 10.1. The SMILES string of the molecule is COC(=O)C1(Nc2cccc(Cl)c2)CCC2(CC1)c1cc3c(cc1CC2C[C@@H](C)COCc1ccc(OC)cc1)OCCO3. The van der Waals surface area contributed by atoms with Crippen molar-refractivity contribution in [3.8, 4) is 17.2 Å². The number of esters is 1. The Labute approximate surface area is 265 Å². The number of hydrogen-bond acceptors (Lipinski definition) is 7. The number of nitrogens with one attached hydrogen (secondary N) is 1. The molecule has 1 N–H and O–H groups in total. The number of benzene rings is 3. The van der Waals surface area contributed by atoms with Crippen LogP contribution in [0.5, 0.6) is 17.2 Å². The summed E-state index contributed by atoms with van der Waals surface area (Å²) < 4.78 is 28.9. The summed E-state index contributed by atoms with van der Waals surface area (Å²) in [7, 11) is 3.15. The Kier molecular flexibility index (Phi) is 8.97. The predicted octanol–water partition coefficient (Wildman–Crippen LogP) is 7.37. The molecule has 3 aromatic carbocycles. The van der Waals surface area contributed by atoms with Crippen LogP contribution >= 0.6 is 11.6 Å². The van der Waals surface area contributed by atoms with Crippen LogP contribution in [0.4, 0.5) is 5.69 Å². The maximum atomic E-state index is 13.4. The fourth-order valence-electron chi connectivity index (χ4n) is 7.62. The molecule has 8 heteroatoms. The van der Waals surface area contributed by atoms with E-state index in [0.717, 1.165) is 54.2 Å². The molecule has 1 saturated carbocycles. The summed E-state index contributed by atoms with van der Waals surface area (Å²) in [5, 5.41) is 4.17. The van der Waals surface area contributed by atoms with Crippen LogP contribution in [0.15, 0.2) is 60.7 Å². The Balaban J connectivity index is 1.22. The smallest absolute Gasteiger partial charge is 0.331 e. The molecule has 2 aliphatic carbocycles. The number of carbonyl (C=O) groups is 1. The number of fused-ring (bicyclic) bond motifs is 3. The van der Waals surface area contributed by atoms with Crippen LogP contribution in [0, 0.1) is 11.8 Å². The molecule has 1 spiro atoms. The minimum atomic E-state index is -0.821. The number of anilines is 1. The maximum Gasteiger partial charge on any atom is 0.331 e. The van der Waals surface area contributed by atoms with Gasteiger partial charge in [0.1, 0.15) is 24.5 Å². The normalized spacial score (nSPS) is 24.4. The molecule has 0 amide bonds. The molecule has 0 radical (unpaired) electrons. The van der Waals surface area contributed by atoms with E-state index in [1.165, 1.54) is 18.2 Å². The lowest BCUT2D eigenvalue weighted by atomic mass is 9.59. The Bertz CT molecular complexity index is 1470. The third-order valence-electron chi connectivity index (χ3n) is 9.85. The average molecular weight is 620 g/mol. The number of carbonyl (C=O) groups excluding carboxylic acids is 1. The van der Waals surface area contributed by atoms with Crippen LogP contribution in [-0.2, 0) is 32.7 Å². The second-order valence-corrected chi connectivity index (χ2v) is 13.1. The molecule has 44 heavy (non-hydrogen) atoms. The quantitative estimate of drug-likeness (QED) is 0.238. The van der Waals surface area contributed by atoms with Crippen LogP contribution in [0.3, 0.4) is 0 Å². The molecule has 1 fully saturated rings. The van der Waals surface area contributed by atoms with Gasteiger partial charge in [0, 0.05) is 17.3 Å². The third kappa shape index (κ3) is 6.09. The van der Waals surface area contributed by atoms with Crippen molar-refractivity contribution in [1.82, 2.24) is 0 Å². The summed E-state index contributed by atoms with van der Waals surface area (Å²) in [4.78, 5) is 13.4. The van der Waals surface area contributed by atoms with Crippen molar-refractivity contribution in [1.29, 1.82) is 0 Å². The fourth-order valence-corrected chi connectivity index (χ4v) is 7.82. The van der Waals surface area contributed by atoms with Crippen molar-refractivity contribution >= 4 is 23.3 Å². The minimum Gasteiger partial charge on any atom is -0.497 e. The highest BCUT2D eigenvalue weighted by molar-refractivity contribution is 6.30. The van der Waals surface area contributed by atoms with E-state index in [1.54, 1.807) is 7.11 Å². The number of hydrogen-bond donors (Lipinski definition) is 1. The van der Waals surface area contributed by atoms with Crippen molar-refractivity contribution in [2.45, 2.75) is 63.0 Å². The zero-order chi connectivity index (χ0) is 30.7. The predicted molar refractivity (Wildman–Crippen MR) is 171 cm³/mol. The van der Waals surface area contributed by atoms with Crippen molar-refractivity contribution in [3.05, 3.63) is 82.4 Å². The average Bonchev–Trinajstić information content (AvgIpc) is 3.31. The van der Waals surface area contributed by atoms with Gasteiger partial charge in [0.05, 0.1) is 20.8 Å². The van der Waals surface area contributed by atoms with Crippen LogP contribution in [-0.4, -0.2) is 45.5 Å². The minimum absolute atomic E-state index is 0.0804. The molecule has 0 saturated heterocycles. The van der Waals surface area contributed by atoms with Gasteiger partial charge in [-0.2, -0.15) is 0 Å². The van der Waals surface area contributed by atoms with Crippen LogP contribution in [0.2, 0.25) is 5.02 Å². The van der Waals surface area contributed by atoms with Crippen LogP contribution < -0.4 is 19.5 Å². The Hall–Kier alpha value is -3.42. The van der Waals surface area contributed by atoms with Gasteiger partial charge in [-0.05, 0) is 115 Å². The summed E-state index contributed by atoms with van der Waals surface area (Å²) in [6.45, 7) is 4.66. The largest absolute Gasteiger partial charge is 0.497 e. The molecule has 1 aliphatic heterocycles. The molecule has 1 unspecified atom stereocenters. The second-order valence-electron chi connectivity index (χ2n) is 12.6. The zero-order valence-electron chi connectivity index (χ0n) is 25.8. The van der Waals surface area contributed by atoms with Gasteiger partial charge in [-0.25, -0.2) is 4.79 Å². The first-order valence-corrected chi connectivity index (χ1v) is 16.0. The highest BCUT2D eigenvalue weighted by Gasteiger charge is 2.54. The van der Waals surface area contributed by atoms with E-state index in [1.807, 2.05) is 48.5 Å². The van der Waals surface area contributed by atoms with Crippen LogP contribution in [0.1, 0.15) is 55.7 Å². The Morgan fingerprint density at radius 3 is 2.41 bits per heavy atom. The molecule has 234 valence electrons. The van der Waals surface area contributed by atoms with E-state index >= 15 is 0 Å². The molecule has 1 heterocycles. The summed E-state index contributed by atoms with van der Waals surface area (Å²) in [5.41, 5.74) is 3.73. The highest BCUT2D eigenvalue weighted by atomic mass is 35.5. The number of halogens is 1. The van der Waals surface area contributed by atoms with Crippen LogP contribution in [0.25, 0.3) is 0 Å². The fraction of sp³-hybridized carbons (Fsp3) is 0.472. The monoisotopic (exact) mass is 619 g/mol. The van der Waals surface area contributed by atoms with E-state index in [0.29, 0.717) is 56.1 Å². The zero-order valence-corrected chi connectivity index (χ0v) is 26.6. The summed E-state index contributed by atoms with van der Waals surface area (Å²) in [6, 6.07) is 20.0. The van der Waals surface area contributed by atoms with E-state index in [9.17, 15) is 4.79 Å².